The maximum atomic E-state index is 12.3. The summed E-state index contributed by atoms with van der Waals surface area (Å²) in [7, 11) is -4.53. The zero-order chi connectivity index (χ0) is 14.6. The van der Waals surface area contributed by atoms with Crippen LogP contribution in [-0.4, -0.2) is 53.9 Å². The summed E-state index contributed by atoms with van der Waals surface area (Å²) in [5.74, 6) is 0. The molecule has 0 saturated heterocycles. The Kier molecular flexibility index (Phi) is 4.91. The van der Waals surface area contributed by atoms with Crippen LogP contribution in [0.1, 0.15) is 0 Å². The fraction of sp³-hybridized carbons (Fsp3) is 0.500. The lowest BCUT2D eigenvalue weighted by atomic mass is 10.6. The van der Waals surface area contributed by atoms with Crippen molar-refractivity contribution < 1.29 is 22.3 Å². The van der Waals surface area contributed by atoms with Gasteiger partial charge in [-0.15, -0.1) is 0 Å². The topological polar surface area (TPSA) is 123 Å². The summed E-state index contributed by atoms with van der Waals surface area (Å²) in [5.41, 5.74) is -2.15. The molecule has 1 aromatic heterocycles. The van der Waals surface area contributed by atoms with Crippen LogP contribution in [0.4, 0.5) is 8.78 Å². The number of hydrogen-bond acceptors (Lipinski definition) is 5. The number of nitrogens with zero attached hydrogens (tertiary/aromatic N) is 1. The van der Waals surface area contributed by atoms with Gasteiger partial charge < -0.3 is 10.1 Å². The van der Waals surface area contributed by atoms with Gasteiger partial charge in [0, 0.05) is 12.7 Å². The molecule has 3 N–H and O–H groups in total. The first-order chi connectivity index (χ1) is 8.78. The molecule has 0 radical (unpaired) electrons. The summed E-state index contributed by atoms with van der Waals surface area (Å²) in [4.78, 5) is 24.8. The maximum absolute atomic E-state index is 12.3. The summed E-state index contributed by atoms with van der Waals surface area (Å²) >= 11 is 0. The van der Waals surface area contributed by atoms with Crippen molar-refractivity contribution in [3.8, 4) is 0 Å². The van der Waals surface area contributed by atoms with Gasteiger partial charge in [-0.05, 0) is 0 Å². The second kappa shape index (κ2) is 6.04. The third kappa shape index (κ3) is 3.68. The Morgan fingerprint density at radius 1 is 1.37 bits per heavy atom. The van der Waals surface area contributed by atoms with Gasteiger partial charge in [-0.3, -0.25) is 9.78 Å². The number of aliphatic hydroxyl groups excluding tert-OH is 1. The third-order valence-corrected chi connectivity index (χ3v) is 3.96. The van der Waals surface area contributed by atoms with Crippen LogP contribution in [0.15, 0.2) is 20.7 Å². The average Bonchev–Trinajstić information content (AvgIpc) is 2.27. The number of aliphatic hydroxyl groups is 1. The minimum atomic E-state index is -4.53. The van der Waals surface area contributed by atoms with Gasteiger partial charge in [0.25, 0.3) is 12.0 Å². The third-order valence-electron chi connectivity index (χ3n) is 2.09. The SMILES string of the molecule is O=c1[nH]cc(S(=O)(=O)N(CCO)CC(F)F)c(=O)[nH]1. The fourth-order valence-corrected chi connectivity index (χ4v) is 2.71. The van der Waals surface area contributed by atoms with Crippen molar-refractivity contribution >= 4 is 10.0 Å². The Bertz CT molecular complexity index is 638. The molecule has 0 bridgehead atoms. The molecule has 0 saturated carbocycles. The first kappa shape index (κ1) is 15.5. The molecule has 0 aromatic carbocycles. The van der Waals surface area contributed by atoms with E-state index in [4.69, 9.17) is 5.11 Å². The van der Waals surface area contributed by atoms with Crippen molar-refractivity contribution in [2.45, 2.75) is 11.3 Å². The number of aromatic amines is 2. The number of nitrogens with one attached hydrogen (secondary N) is 2. The van der Waals surface area contributed by atoms with Crippen LogP contribution in [-0.2, 0) is 10.0 Å². The summed E-state index contributed by atoms with van der Waals surface area (Å²) in [6, 6.07) is 0. The highest BCUT2D eigenvalue weighted by Crippen LogP contribution is 2.11. The van der Waals surface area contributed by atoms with Crippen molar-refractivity contribution in [1.29, 1.82) is 0 Å². The Labute approximate surface area is 105 Å². The lowest BCUT2D eigenvalue weighted by Crippen LogP contribution is -2.40. The molecule has 1 aromatic rings. The zero-order valence-electron chi connectivity index (χ0n) is 9.47. The Hall–Kier alpha value is -1.59. The van der Waals surface area contributed by atoms with Crippen LogP contribution in [0.3, 0.4) is 0 Å². The number of rotatable bonds is 6. The van der Waals surface area contributed by atoms with Gasteiger partial charge in [0.15, 0.2) is 4.90 Å². The molecule has 0 amide bonds. The highest BCUT2D eigenvalue weighted by atomic mass is 32.2. The van der Waals surface area contributed by atoms with E-state index in [2.05, 4.69) is 0 Å². The largest absolute Gasteiger partial charge is 0.395 e. The number of halogens is 2. The quantitative estimate of drug-likeness (QED) is 0.578. The van der Waals surface area contributed by atoms with Crippen molar-refractivity contribution in [2.75, 3.05) is 19.7 Å². The maximum Gasteiger partial charge on any atom is 0.325 e. The van der Waals surface area contributed by atoms with Crippen LogP contribution in [0.2, 0.25) is 0 Å². The first-order valence-electron chi connectivity index (χ1n) is 5.00. The van der Waals surface area contributed by atoms with Gasteiger partial charge in [-0.25, -0.2) is 22.0 Å². The molecule has 0 aliphatic rings. The minimum Gasteiger partial charge on any atom is -0.395 e. The zero-order valence-corrected chi connectivity index (χ0v) is 10.3. The van der Waals surface area contributed by atoms with E-state index in [0.717, 1.165) is 0 Å². The van der Waals surface area contributed by atoms with E-state index in [1.807, 2.05) is 4.98 Å². The van der Waals surface area contributed by atoms with Crippen LogP contribution >= 0.6 is 0 Å². The Balaban J connectivity index is 3.26. The van der Waals surface area contributed by atoms with E-state index in [0.29, 0.717) is 6.20 Å². The average molecular weight is 299 g/mol. The lowest BCUT2D eigenvalue weighted by Gasteiger charge is -2.19. The van der Waals surface area contributed by atoms with E-state index in [1.54, 1.807) is 4.98 Å². The molecule has 1 heterocycles. The van der Waals surface area contributed by atoms with Crippen molar-refractivity contribution in [2.24, 2.45) is 0 Å². The van der Waals surface area contributed by atoms with E-state index in [9.17, 15) is 26.8 Å². The lowest BCUT2D eigenvalue weighted by molar-refractivity contribution is 0.113. The Morgan fingerprint density at radius 3 is 2.47 bits per heavy atom. The van der Waals surface area contributed by atoms with Crippen molar-refractivity contribution in [3.05, 3.63) is 27.0 Å². The summed E-state index contributed by atoms with van der Waals surface area (Å²) in [6.07, 6.45) is -2.35. The van der Waals surface area contributed by atoms with E-state index in [-0.39, 0.29) is 4.31 Å². The summed E-state index contributed by atoms with van der Waals surface area (Å²) in [6.45, 7) is -2.44. The van der Waals surface area contributed by atoms with E-state index >= 15 is 0 Å². The number of hydrogen-bond donors (Lipinski definition) is 3. The predicted molar refractivity (Wildman–Crippen MR) is 59.5 cm³/mol. The van der Waals surface area contributed by atoms with Gasteiger partial charge in [0.05, 0.1) is 13.2 Å². The van der Waals surface area contributed by atoms with Crippen LogP contribution in [0.25, 0.3) is 0 Å². The van der Waals surface area contributed by atoms with Crippen LogP contribution < -0.4 is 11.2 Å². The highest BCUT2D eigenvalue weighted by molar-refractivity contribution is 7.89. The molecule has 108 valence electrons. The molecule has 0 unspecified atom stereocenters. The molecule has 0 fully saturated rings. The first-order valence-corrected chi connectivity index (χ1v) is 6.44. The van der Waals surface area contributed by atoms with E-state index in [1.165, 1.54) is 0 Å². The van der Waals surface area contributed by atoms with Gasteiger partial charge in [0.1, 0.15) is 0 Å². The number of sulfonamides is 1. The van der Waals surface area contributed by atoms with Crippen molar-refractivity contribution in [3.63, 3.8) is 0 Å². The molecule has 0 aliphatic heterocycles. The van der Waals surface area contributed by atoms with Crippen LogP contribution in [0, 0.1) is 0 Å². The minimum absolute atomic E-state index is 0.264. The number of aromatic nitrogens is 2. The van der Waals surface area contributed by atoms with Gasteiger partial charge >= 0.3 is 5.69 Å². The molecule has 19 heavy (non-hydrogen) atoms. The normalized spacial score (nSPS) is 12.3. The predicted octanol–water partition coefficient (Wildman–Crippen LogP) is -1.69. The standard InChI is InChI=1S/C8H11F2N3O5S/c9-6(10)4-13(1-2-14)19(17,18)5-3-11-8(16)12-7(5)15/h3,6,14H,1-2,4H2,(H2,11,12,15,16). The van der Waals surface area contributed by atoms with Gasteiger partial charge in [-0.2, -0.15) is 4.31 Å². The van der Waals surface area contributed by atoms with Gasteiger partial charge in [-0.1, -0.05) is 0 Å². The number of alkyl halides is 2. The van der Waals surface area contributed by atoms with Crippen molar-refractivity contribution in [1.82, 2.24) is 14.3 Å². The molecule has 0 atom stereocenters. The molecular formula is C8H11F2N3O5S. The number of H-pyrrole nitrogens is 2. The Morgan fingerprint density at radius 2 is 2.00 bits per heavy atom. The molecule has 0 spiro atoms. The molecule has 1 rings (SSSR count). The second-order valence-electron chi connectivity index (χ2n) is 3.41. The highest BCUT2D eigenvalue weighted by Gasteiger charge is 2.29. The van der Waals surface area contributed by atoms with E-state index < -0.39 is 52.3 Å². The summed E-state index contributed by atoms with van der Waals surface area (Å²) < 4.78 is 48.7. The summed E-state index contributed by atoms with van der Waals surface area (Å²) in [5, 5.41) is 8.68. The second-order valence-corrected chi connectivity index (χ2v) is 5.32. The van der Waals surface area contributed by atoms with Gasteiger partial charge in [0.2, 0.25) is 10.0 Å². The fourth-order valence-electron chi connectivity index (χ4n) is 1.30. The molecule has 8 nitrogen and oxygen atoms in total. The molecule has 0 aliphatic carbocycles. The smallest absolute Gasteiger partial charge is 0.325 e. The molecule has 11 heteroatoms. The molecular weight excluding hydrogens is 288 g/mol. The van der Waals surface area contributed by atoms with Crippen LogP contribution in [0.5, 0.6) is 0 Å². The monoisotopic (exact) mass is 299 g/mol.